The molecule has 10 heteroatoms. The third kappa shape index (κ3) is 5.24. The minimum atomic E-state index is -3.68. The van der Waals surface area contributed by atoms with Crippen LogP contribution in [0.25, 0.3) is 0 Å². The number of anilines is 1. The van der Waals surface area contributed by atoms with Crippen molar-refractivity contribution in [2.24, 2.45) is 7.05 Å². The van der Waals surface area contributed by atoms with Gasteiger partial charge in [-0.2, -0.15) is 4.31 Å². The number of carbonyl (C=O) groups is 1. The van der Waals surface area contributed by atoms with Gasteiger partial charge in [0.25, 0.3) is 0 Å². The summed E-state index contributed by atoms with van der Waals surface area (Å²) in [6.45, 7) is 4.68. The van der Waals surface area contributed by atoms with E-state index in [9.17, 15) is 13.2 Å². The van der Waals surface area contributed by atoms with Gasteiger partial charge in [0.05, 0.1) is 43.0 Å². The molecule has 1 aromatic carbocycles. The monoisotopic (exact) mass is 476 g/mol. The first-order chi connectivity index (χ1) is 15.9. The van der Waals surface area contributed by atoms with E-state index in [-0.39, 0.29) is 23.4 Å². The molecular formula is C23H32N4O5S. The number of amides is 1. The Kier molecular flexibility index (Phi) is 7.38. The first-order valence-electron chi connectivity index (χ1n) is 11.4. The van der Waals surface area contributed by atoms with Gasteiger partial charge in [-0.15, -0.1) is 0 Å². The molecule has 1 N–H and O–H groups in total. The van der Waals surface area contributed by atoms with Crippen LogP contribution in [0, 0.1) is 0 Å². The second-order valence-electron chi connectivity index (χ2n) is 8.33. The molecule has 9 nitrogen and oxygen atoms in total. The smallest absolute Gasteiger partial charge is 0.243 e. The summed E-state index contributed by atoms with van der Waals surface area (Å²) in [5.41, 5.74) is 1.56. The summed E-state index contributed by atoms with van der Waals surface area (Å²) in [7, 11) is -1.67. The summed E-state index contributed by atoms with van der Waals surface area (Å²) in [5, 5.41) is 2.90. The van der Waals surface area contributed by atoms with E-state index in [4.69, 9.17) is 9.47 Å². The number of hydrogen-bond acceptors (Lipinski definition) is 6. The van der Waals surface area contributed by atoms with Crippen molar-refractivity contribution in [3.05, 3.63) is 42.2 Å². The molecular weight excluding hydrogens is 444 g/mol. The zero-order chi connectivity index (χ0) is 23.4. The number of likely N-dealkylation sites (tertiary alicyclic amines) is 1. The lowest BCUT2D eigenvalue weighted by Gasteiger charge is -2.26. The Morgan fingerprint density at radius 1 is 1.21 bits per heavy atom. The number of ether oxygens (including phenoxy) is 2. The van der Waals surface area contributed by atoms with Crippen molar-refractivity contribution < 1.29 is 22.7 Å². The van der Waals surface area contributed by atoms with E-state index < -0.39 is 10.0 Å². The molecule has 1 atom stereocenters. The van der Waals surface area contributed by atoms with Crippen molar-refractivity contribution >= 4 is 21.6 Å². The van der Waals surface area contributed by atoms with E-state index in [1.165, 1.54) is 22.1 Å². The molecule has 2 aliphatic rings. The van der Waals surface area contributed by atoms with Gasteiger partial charge in [0.15, 0.2) is 0 Å². The van der Waals surface area contributed by atoms with E-state index >= 15 is 0 Å². The van der Waals surface area contributed by atoms with Crippen molar-refractivity contribution in [3.63, 3.8) is 0 Å². The van der Waals surface area contributed by atoms with Crippen LogP contribution < -0.4 is 10.1 Å². The van der Waals surface area contributed by atoms with Crippen LogP contribution in [-0.4, -0.2) is 74.1 Å². The SMILES string of the molecule is CCOc1ccc(S(=O)(=O)N2CCOCC2)cc1NC(=O)CN1CCC[C@H]1c1cccn1C. The molecule has 180 valence electrons. The van der Waals surface area contributed by atoms with Gasteiger partial charge in [-0.05, 0) is 56.6 Å². The number of carbonyl (C=O) groups excluding carboxylic acids is 1. The van der Waals surface area contributed by atoms with Crippen molar-refractivity contribution in [1.29, 1.82) is 0 Å². The molecule has 2 saturated heterocycles. The van der Waals surface area contributed by atoms with Crippen molar-refractivity contribution in [1.82, 2.24) is 13.8 Å². The molecule has 1 amide bonds. The van der Waals surface area contributed by atoms with Crippen molar-refractivity contribution in [3.8, 4) is 5.75 Å². The maximum absolute atomic E-state index is 13.1. The molecule has 3 heterocycles. The maximum atomic E-state index is 13.1. The first kappa shape index (κ1) is 23.7. The highest BCUT2D eigenvalue weighted by molar-refractivity contribution is 7.89. The normalized spacial score (nSPS) is 20.1. The van der Waals surface area contributed by atoms with Gasteiger partial charge in [0.2, 0.25) is 15.9 Å². The molecule has 0 radical (unpaired) electrons. The summed E-state index contributed by atoms with van der Waals surface area (Å²) in [6, 6.07) is 8.92. The van der Waals surface area contributed by atoms with E-state index in [1.54, 1.807) is 6.07 Å². The Hall–Kier alpha value is -2.40. The maximum Gasteiger partial charge on any atom is 0.243 e. The van der Waals surface area contributed by atoms with E-state index in [2.05, 4.69) is 20.9 Å². The fourth-order valence-electron chi connectivity index (χ4n) is 4.53. The number of nitrogens with zero attached hydrogens (tertiary/aromatic N) is 3. The van der Waals surface area contributed by atoms with Crippen LogP contribution >= 0.6 is 0 Å². The summed E-state index contributed by atoms with van der Waals surface area (Å²) >= 11 is 0. The Labute approximate surface area is 195 Å². The third-order valence-corrected chi connectivity index (χ3v) is 8.06. The van der Waals surface area contributed by atoms with Gasteiger partial charge in [-0.3, -0.25) is 9.69 Å². The van der Waals surface area contributed by atoms with Crippen LogP contribution in [0.5, 0.6) is 5.75 Å². The number of aromatic nitrogens is 1. The Morgan fingerprint density at radius 3 is 2.70 bits per heavy atom. The summed E-state index contributed by atoms with van der Waals surface area (Å²) in [6.07, 6.45) is 4.05. The van der Waals surface area contributed by atoms with Crippen molar-refractivity contribution in [2.75, 3.05) is 51.3 Å². The predicted octanol–water partition coefficient (Wildman–Crippen LogP) is 2.22. The number of hydrogen-bond donors (Lipinski definition) is 1. The number of benzene rings is 1. The minimum absolute atomic E-state index is 0.131. The second kappa shape index (κ2) is 10.3. The lowest BCUT2D eigenvalue weighted by Crippen LogP contribution is -2.40. The van der Waals surface area contributed by atoms with E-state index in [0.29, 0.717) is 44.3 Å². The topological polar surface area (TPSA) is 93.1 Å². The lowest BCUT2D eigenvalue weighted by atomic mass is 10.1. The van der Waals surface area contributed by atoms with Crippen LogP contribution in [0.1, 0.15) is 31.5 Å². The Balaban J connectivity index is 1.51. The number of aryl methyl sites for hydroxylation is 1. The quantitative estimate of drug-likeness (QED) is 0.628. The lowest BCUT2D eigenvalue weighted by molar-refractivity contribution is -0.117. The van der Waals surface area contributed by atoms with Crippen LogP contribution in [-0.2, 0) is 26.6 Å². The highest BCUT2D eigenvalue weighted by Crippen LogP contribution is 2.33. The van der Waals surface area contributed by atoms with Gasteiger partial charge < -0.3 is 19.4 Å². The summed E-state index contributed by atoms with van der Waals surface area (Å²) < 4.78 is 40.6. The highest BCUT2D eigenvalue weighted by atomic mass is 32.2. The molecule has 1 aromatic heterocycles. The zero-order valence-electron chi connectivity index (χ0n) is 19.2. The predicted molar refractivity (Wildman–Crippen MR) is 125 cm³/mol. The van der Waals surface area contributed by atoms with Crippen LogP contribution in [0.3, 0.4) is 0 Å². The molecule has 0 aliphatic carbocycles. The summed E-state index contributed by atoms with van der Waals surface area (Å²) in [4.78, 5) is 15.3. The first-order valence-corrected chi connectivity index (χ1v) is 12.8. The summed E-state index contributed by atoms with van der Waals surface area (Å²) in [5.74, 6) is 0.255. The van der Waals surface area contributed by atoms with Gasteiger partial charge >= 0.3 is 0 Å². The fourth-order valence-corrected chi connectivity index (χ4v) is 5.96. The van der Waals surface area contributed by atoms with Crippen LogP contribution in [0.15, 0.2) is 41.4 Å². The van der Waals surface area contributed by atoms with Crippen LogP contribution in [0.2, 0.25) is 0 Å². The minimum Gasteiger partial charge on any atom is -0.492 e. The number of morpholine rings is 1. The highest BCUT2D eigenvalue weighted by Gasteiger charge is 2.30. The molecule has 0 spiro atoms. The third-order valence-electron chi connectivity index (χ3n) is 6.17. The van der Waals surface area contributed by atoms with E-state index in [0.717, 1.165) is 19.4 Å². The molecule has 2 fully saturated rings. The second-order valence-corrected chi connectivity index (χ2v) is 10.3. The van der Waals surface area contributed by atoms with Gasteiger partial charge in [0.1, 0.15) is 5.75 Å². The molecule has 4 rings (SSSR count). The molecule has 2 aromatic rings. The molecule has 33 heavy (non-hydrogen) atoms. The number of rotatable bonds is 8. The van der Waals surface area contributed by atoms with Gasteiger partial charge in [-0.25, -0.2) is 8.42 Å². The number of nitrogens with one attached hydrogen (secondary N) is 1. The standard InChI is InChI=1S/C23H32N4O5S/c1-3-32-22-9-8-18(33(29,30)27-12-14-31-15-13-27)16-19(22)24-23(28)17-26-11-5-7-21(26)20-6-4-10-25(20)2/h4,6,8-10,16,21H,3,5,7,11-15,17H2,1-2H3,(H,24,28)/t21-/m0/s1. The fraction of sp³-hybridized carbons (Fsp3) is 0.522. The molecule has 2 aliphatic heterocycles. The van der Waals surface area contributed by atoms with E-state index in [1.807, 2.05) is 26.2 Å². The molecule has 0 unspecified atom stereocenters. The molecule has 0 bridgehead atoms. The Morgan fingerprint density at radius 2 is 2.00 bits per heavy atom. The number of sulfonamides is 1. The zero-order valence-corrected chi connectivity index (χ0v) is 20.0. The Bertz CT molecular complexity index is 1080. The molecule has 0 saturated carbocycles. The average molecular weight is 477 g/mol. The van der Waals surface area contributed by atoms with Gasteiger partial charge in [0, 0.05) is 32.0 Å². The van der Waals surface area contributed by atoms with Crippen molar-refractivity contribution in [2.45, 2.75) is 30.7 Å². The van der Waals surface area contributed by atoms with Crippen LogP contribution in [0.4, 0.5) is 5.69 Å². The largest absolute Gasteiger partial charge is 0.492 e. The van der Waals surface area contributed by atoms with Gasteiger partial charge in [-0.1, -0.05) is 0 Å². The average Bonchev–Trinajstić information content (AvgIpc) is 3.43.